The molecule has 4 aliphatic rings. The molecule has 10 atom stereocenters. The van der Waals surface area contributed by atoms with Crippen LogP contribution in [0.25, 0.3) is 0 Å². The van der Waals surface area contributed by atoms with Crippen LogP contribution in [0.15, 0.2) is 11.6 Å². The highest BCUT2D eigenvalue weighted by atomic mass is 28.4. The summed E-state index contributed by atoms with van der Waals surface area (Å²) in [5.41, 5.74) is 0.445. The molecule has 0 aliphatic heterocycles. The number of ketones is 1. The average molecular weight is 826 g/mol. The third-order valence-corrected chi connectivity index (χ3v) is 18.1. The fourth-order valence-electron chi connectivity index (χ4n) is 11.6. The predicted octanol–water partition coefficient (Wildman–Crippen LogP) is 12.0. The lowest BCUT2D eigenvalue weighted by molar-refractivity contribution is -0.148. The zero-order valence-corrected chi connectivity index (χ0v) is 43.2. The van der Waals surface area contributed by atoms with E-state index < -0.39 is 47.2 Å². The van der Waals surface area contributed by atoms with E-state index in [0.717, 1.165) is 51.4 Å². The molecule has 0 bridgehead atoms. The number of carbonyl (C=O) groups excluding carboxylic acids is 1. The molecule has 0 aromatic heterocycles. The Morgan fingerprint density at radius 1 is 0.755 bits per heavy atom. The molecule has 0 saturated heterocycles. The molecule has 4 aliphatic carbocycles. The van der Waals surface area contributed by atoms with Crippen molar-refractivity contribution in [3.05, 3.63) is 11.6 Å². The summed E-state index contributed by atoms with van der Waals surface area (Å²) in [5.74, 6) is 1.37. The Morgan fingerprint density at radius 2 is 1.32 bits per heavy atom. The molecule has 11 heteroatoms. The maximum atomic E-state index is 14.7. The van der Waals surface area contributed by atoms with Crippen molar-refractivity contribution in [1.29, 1.82) is 0 Å². The lowest BCUT2D eigenvalue weighted by Gasteiger charge is -2.63. The first-order valence-corrected chi connectivity index (χ1v) is 38.3. The van der Waals surface area contributed by atoms with Gasteiger partial charge in [0.2, 0.25) is 0 Å². The number of rotatable bonds is 15. The molecule has 0 aromatic rings. The molecule has 0 amide bonds. The fraction of sp³-hybridized carbons (Fsp3) is 0.929. The Labute approximate surface area is 332 Å². The largest absolute Gasteiger partial charge is 0.414 e. The van der Waals surface area contributed by atoms with Crippen molar-refractivity contribution >= 4 is 47.4 Å². The van der Waals surface area contributed by atoms with E-state index in [2.05, 4.69) is 139 Å². The van der Waals surface area contributed by atoms with Gasteiger partial charge in [-0.1, -0.05) is 20.8 Å². The summed E-state index contributed by atoms with van der Waals surface area (Å²) in [6, 6.07) is 0. The second-order valence-corrected chi connectivity index (χ2v) is 46.1. The van der Waals surface area contributed by atoms with Gasteiger partial charge in [0, 0.05) is 17.4 Å². The van der Waals surface area contributed by atoms with Crippen molar-refractivity contribution in [1.82, 2.24) is 0 Å². The molecule has 6 nitrogen and oxygen atoms in total. The summed E-state index contributed by atoms with van der Waals surface area (Å²) in [6.07, 6.45) is 10.2. The molecule has 3 fully saturated rings. The SMILES string of the molecule is C[C@@H]([C@H]1CC[C@@]2(O[Si](C)(C)C)C3=CC(=O)[C@@H]4C[C@@H](O[Si](C)(C)C)[C@@H](O[Si](C)(C)C)C[C@]4(C)[C@H]3CC[C@]12C)[C@@H](CCC(C)(C)O[Si](C)(C)C)O[Si](C)(C)C. The van der Waals surface area contributed by atoms with Crippen molar-refractivity contribution in [3.63, 3.8) is 0 Å². The molecule has 0 heterocycles. The van der Waals surface area contributed by atoms with E-state index >= 15 is 0 Å². The van der Waals surface area contributed by atoms with Crippen LogP contribution in [-0.2, 0) is 26.9 Å². The highest BCUT2D eigenvalue weighted by molar-refractivity contribution is 6.71. The van der Waals surface area contributed by atoms with Gasteiger partial charge in [0.05, 0.1) is 23.4 Å². The van der Waals surface area contributed by atoms with E-state index in [9.17, 15) is 4.79 Å². The Hall–Kier alpha value is 0.294. The summed E-state index contributed by atoms with van der Waals surface area (Å²) in [4.78, 5) is 14.7. The van der Waals surface area contributed by atoms with E-state index in [1.165, 1.54) is 5.57 Å². The third-order valence-electron chi connectivity index (χ3n) is 12.9. The quantitative estimate of drug-likeness (QED) is 0.153. The van der Waals surface area contributed by atoms with Crippen LogP contribution in [-0.4, -0.2) is 76.9 Å². The Bertz CT molecular complexity index is 1350. The predicted molar refractivity (Wildman–Crippen MR) is 236 cm³/mol. The highest BCUT2D eigenvalue weighted by Crippen LogP contribution is 2.70. The summed E-state index contributed by atoms with van der Waals surface area (Å²) in [5, 5.41) is 0. The Kier molecular flexibility index (Phi) is 13.1. The van der Waals surface area contributed by atoms with Crippen LogP contribution in [0.1, 0.15) is 86.0 Å². The molecule has 0 aromatic carbocycles. The molecule has 308 valence electrons. The maximum absolute atomic E-state index is 14.7. The molecule has 0 spiro atoms. The zero-order chi connectivity index (χ0) is 40.6. The van der Waals surface area contributed by atoms with E-state index in [4.69, 9.17) is 22.1 Å². The first kappa shape index (κ1) is 46.0. The van der Waals surface area contributed by atoms with Gasteiger partial charge in [-0.2, -0.15) is 0 Å². The van der Waals surface area contributed by atoms with Gasteiger partial charge >= 0.3 is 0 Å². The van der Waals surface area contributed by atoms with Gasteiger partial charge in [-0.25, -0.2) is 0 Å². The Morgan fingerprint density at radius 3 is 1.83 bits per heavy atom. The van der Waals surface area contributed by atoms with Crippen molar-refractivity contribution in [2.75, 3.05) is 0 Å². The van der Waals surface area contributed by atoms with Crippen LogP contribution < -0.4 is 0 Å². The van der Waals surface area contributed by atoms with Gasteiger partial charge in [-0.15, -0.1) is 0 Å². The first-order chi connectivity index (χ1) is 23.6. The van der Waals surface area contributed by atoms with Crippen molar-refractivity contribution in [2.24, 2.45) is 34.5 Å². The maximum Gasteiger partial charge on any atom is 0.184 e. The minimum absolute atomic E-state index is 0.0208. The molecular weight excluding hydrogens is 741 g/mol. The minimum Gasteiger partial charge on any atom is -0.414 e. The second-order valence-electron chi connectivity index (χ2n) is 23.9. The number of allylic oxidation sites excluding steroid dienone is 1. The summed E-state index contributed by atoms with van der Waals surface area (Å²) < 4.78 is 35.5. The van der Waals surface area contributed by atoms with Gasteiger partial charge in [-0.05, 0) is 198 Å². The molecule has 53 heavy (non-hydrogen) atoms. The van der Waals surface area contributed by atoms with Crippen LogP contribution in [0.5, 0.6) is 0 Å². The van der Waals surface area contributed by atoms with Gasteiger partial charge in [0.25, 0.3) is 0 Å². The third kappa shape index (κ3) is 10.7. The molecule has 3 saturated carbocycles. The van der Waals surface area contributed by atoms with Crippen LogP contribution in [0.2, 0.25) is 98.2 Å². The lowest BCUT2D eigenvalue weighted by atomic mass is 9.46. The van der Waals surface area contributed by atoms with Crippen LogP contribution in [0, 0.1) is 34.5 Å². The second kappa shape index (κ2) is 15.2. The number of fused-ring (bicyclic) bond motifs is 5. The first-order valence-electron chi connectivity index (χ1n) is 21.3. The smallest absolute Gasteiger partial charge is 0.184 e. The number of carbonyl (C=O) groups is 1. The van der Waals surface area contributed by atoms with Crippen LogP contribution >= 0.6 is 0 Å². The minimum atomic E-state index is -2.05. The Balaban J connectivity index is 1.76. The van der Waals surface area contributed by atoms with E-state index in [0.29, 0.717) is 23.5 Å². The van der Waals surface area contributed by atoms with E-state index in [1.54, 1.807) is 0 Å². The average Bonchev–Trinajstić information content (AvgIpc) is 3.19. The zero-order valence-electron chi connectivity index (χ0n) is 38.2. The van der Waals surface area contributed by atoms with Crippen molar-refractivity contribution in [2.45, 2.75) is 214 Å². The molecule has 0 N–H and O–H groups in total. The van der Waals surface area contributed by atoms with Crippen molar-refractivity contribution in [3.8, 4) is 0 Å². The van der Waals surface area contributed by atoms with Crippen molar-refractivity contribution < 1.29 is 26.9 Å². The molecule has 0 unspecified atom stereocenters. The number of hydrogen-bond acceptors (Lipinski definition) is 6. The summed E-state index contributed by atoms with van der Waals surface area (Å²) in [6.45, 7) is 46.7. The molecule has 0 radical (unpaired) electrons. The van der Waals surface area contributed by atoms with Gasteiger partial charge in [-0.3, -0.25) is 4.79 Å². The van der Waals surface area contributed by atoms with Crippen LogP contribution in [0.3, 0.4) is 0 Å². The topological polar surface area (TPSA) is 63.2 Å². The monoisotopic (exact) mass is 825 g/mol. The van der Waals surface area contributed by atoms with Gasteiger partial charge in [0.1, 0.15) is 0 Å². The fourth-order valence-corrected chi connectivity index (χ4v) is 18.4. The summed E-state index contributed by atoms with van der Waals surface area (Å²) in [7, 11) is -9.32. The van der Waals surface area contributed by atoms with E-state index in [1.807, 2.05) is 0 Å². The van der Waals surface area contributed by atoms with Gasteiger partial charge < -0.3 is 22.1 Å². The normalized spacial score (nSPS) is 35.7. The molecular formula is C42H84O6Si5. The standard InChI is InChI=1S/C42H84O6Si5/c1-30(36(44-49(6,7)8)23-24-39(2,3)47-52(15,16)17)31-22-26-42(48-53(18,19)20)33-27-35(43)34-28-37(45-50(9,10)11)38(46-51(12,13)14)29-40(34,4)32(33)21-25-41(31,42)5/h27,30-32,34,36-38H,21-26,28-29H2,1-20H3/t30-,31+,32-,34-,36+,37+,38-,40+,41+,42+/m0/s1. The molecule has 4 rings (SSSR count). The highest BCUT2D eigenvalue weighted by Gasteiger charge is 2.69. The van der Waals surface area contributed by atoms with E-state index in [-0.39, 0.29) is 40.7 Å². The van der Waals surface area contributed by atoms with Gasteiger partial charge in [0.15, 0.2) is 47.4 Å². The number of hydrogen-bond donors (Lipinski definition) is 0. The van der Waals surface area contributed by atoms with Crippen LogP contribution in [0.4, 0.5) is 0 Å². The summed E-state index contributed by atoms with van der Waals surface area (Å²) >= 11 is 0. The lowest BCUT2D eigenvalue weighted by Crippen LogP contribution is -2.64.